The lowest BCUT2D eigenvalue weighted by Crippen LogP contribution is -2.25. The third-order valence-electron chi connectivity index (χ3n) is 4.93. The number of hydrogen-bond acceptors (Lipinski definition) is 9. The summed E-state index contributed by atoms with van der Waals surface area (Å²) in [5.74, 6) is 0.830. The van der Waals surface area contributed by atoms with Gasteiger partial charge in [0.05, 0.1) is 17.8 Å². The fourth-order valence-electron chi connectivity index (χ4n) is 3.45. The van der Waals surface area contributed by atoms with Crippen molar-refractivity contribution in [2.24, 2.45) is 7.05 Å². The summed E-state index contributed by atoms with van der Waals surface area (Å²) in [4.78, 5) is 16.0. The molecule has 34 heavy (non-hydrogen) atoms. The second-order valence-corrected chi connectivity index (χ2v) is 9.30. The fraction of sp³-hybridized carbons (Fsp3) is 0.150. The van der Waals surface area contributed by atoms with Gasteiger partial charge in [-0.3, -0.25) is 10.1 Å². The van der Waals surface area contributed by atoms with Crippen LogP contribution in [0, 0.1) is 0 Å². The lowest BCUT2D eigenvalue weighted by molar-refractivity contribution is 0.597. The van der Waals surface area contributed by atoms with Gasteiger partial charge in [0.15, 0.2) is 5.65 Å². The molecule has 5 rings (SSSR count). The Balaban J connectivity index is 1.35. The van der Waals surface area contributed by atoms with E-state index in [4.69, 9.17) is 0 Å². The van der Waals surface area contributed by atoms with Crippen molar-refractivity contribution in [3.8, 4) is 11.1 Å². The number of benzene rings is 1. The van der Waals surface area contributed by atoms with Gasteiger partial charge in [0, 0.05) is 31.5 Å². The maximum Gasteiger partial charge on any atom is 0.261 e. The van der Waals surface area contributed by atoms with Gasteiger partial charge in [0.25, 0.3) is 5.95 Å². The van der Waals surface area contributed by atoms with E-state index in [-0.39, 0.29) is 5.95 Å². The van der Waals surface area contributed by atoms with Crippen molar-refractivity contribution in [1.29, 1.82) is 0 Å². The van der Waals surface area contributed by atoms with E-state index in [1.54, 1.807) is 15.6 Å². The van der Waals surface area contributed by atoms with Crippen molar-refractivity contribution in [2.45, 2.75) is 6.54 Å². The number of nitrogens with zero attached hydrogens (tertiary/aromatic N) is 8. The molecular weight excluding hydrogens is 458 g/mol. The van der Waals surface area contributed by atoms with Gasteiger partial charge in [0.1, 0.15) is 18.5 Å². The molecule has 0 aliphatic heterocycles. The Morgan fingerprint density at radius 1 is 1.03 bits per heavy atom. The molecule has 3 N–H and O–H groups in total. The summed E-state index contributed by atoms with van der Waals surface area (Å²) >= 11 is 0. The lowest BCUT2D eigenvalue weighted by atomic mass is 10.1. The third kappa shape index (κ3) is 4.52. The summed E-state index contributed by atoms with van der Waals surface area (Å²) in [5, 5.41) is 12.2. The molecule has 0 unspecified atom stereocenters. The van der Waals surface area contributed by atoms with Crippen molar-refractivity contribution in [1.82, 2.24) is 39.3 Å². The first kappa shape index (κ1) is 21.4. The van der Waals surface area contributed by atoms with Gasteiger partial charge < -0.3 is 5.32 Å². The van der Waals surface area contributed by atoms with E-state index in [1.807, 2.05) is 43.7 Å². The Morgan fingerprint density at radius 3 is 2.71 bits per heavy atom. The second-order valence-electron chi connectivity index (χ2n) is 7.57. The summed E-state index contributed by atoms with van der Waals surface area (Å²) in [6, 6.07) is 10.1. The first-order valence-electron chi connectivity index (χ1n) is 10.1. The highest BCUT2D eigenvalue weighted by Crippen LogP contribution is 2.23. The highest BCUT2D eigenvalue weighted by molar-refractivity contribution is 7.91. The predicted octanol–water partition coefficient (Wildman–Crippen LogP) is 1.41. The average Bonchev–Trinajstić information content (AvgIpc) is 3.53. The maximum absolute atomic E-state index is 11.5. The number of aromatic nitrogens is 8. The molecular formula is C20H21N11O2S. The summed E-state index contributed by atoms with van der Waals surface area (Å²) < 4.78 is 26.5. The summed E-state index contributed by atoms with van der Waals surface area (Å²) in [5.41, 5.74) is 6.78. The fourth-order valence-corrected chi connectivity index (χ4v) is 3.90. The number of rotatable bonds is 8. The summed E-state index contributed by atoms with van der Waals surface area (Å²) in [6.45, 7) is 0.561. The van der Waals surface area contributed by atoms with Crippen LogP contribution in [0.5, 0.6) is 0 Å². The Hall–Kier alpha value is -4.46. The first-order chi connectivity index (χ1) is 16.4. The molecule has 14 heteroatoms. The van der Waals surface area contributed by atoms with E-state index in [1.165, 1.54) is 12.7 Å². The SMILES string of the molecule is Cn1cc(-c2cccc(CNc3ncnc4c3ccn4Nc3ncnn3NS(C)(=O)=O)c2)cn1. The number of aryl methyl sites for hydroxylation is 1. The van der Waals surface area contributed by atoms with Gasteiger partial charge in [-0.25, -0.2) is 27.9 Å². The predicted molar refractivity (Wildman–Crippen MR) is 127 cm³/mol. The quantitative estimate of drug-likeness (QED) is 0.300. The molecule has 0 bridgehead atoms. The van der Waals surface area contributed by atoms with Gasteiger partial charge in [-0.05, 0) is 23.3 Å². The molecule has 0 aliphatic carbocycles. The smallest absolute Gasteiger partial charge is 0.261 e. The zero-order chi connectivity index (χ0) is 23.7. The lowest BCUT2D eigenvalue weighted by Gasteiger charge is -2.11. The second kappa shape index (κ2) is 8.47. The largest absolute Gasteiger partial charge is 0.365 e. The first-order valence-corrected chi connectivity index (χ1v) is 12.0. The molecule has 0 amide bonds. The van der Waals surface area contributed by atoms with Crippen molar-refractivity contribution < 1.29 is 8.42 Å². The van der Waals surface area contributed by atoms with Crippen LogP contribution in [-0.2, 0) is 23.6 Å². The van der Waals surface area contributed by atoms with Gasteiger partial charge in [-0.15, -0.1) is 9.89 Å². The molecule has 4 heterocycles. The van der Waals surface area contributed by atoms with Gasteiger partial charge >= 0.3 is 0 Å². The van der Waals surface area contributed by atoms with E-state index in [0.717, 1.165) is 33.1 Å². The van der Waals surface area contributed by atoms with Crippen LogP contribution >= 0.6 is 0 Å². The highest BCUT2D eigenvalue weighted by Gasteiger charge is 2.13. The monoisotopic (exact) mass is 479 g/mol. The van der Waals surface area contributed by atoms with Crippen LogP contribution in [0.15, 0.2) is 61.6 Å². The number of fused-ring (bicyclic) bond motifs is 1. The van der Waals surface area contributed by atoms with Gasteiger partial charge in [0.2, 0.25) is 10.0 Å². The minimum atomic E-state index is -3.53. The molecule has 1 aromatic carbocycles. The molecule has 0 atom stereocenters. The van der Waals surface area contributed by atoms with Crippen LogP contribution in [0.25, 0.3) is 22.2 Å². The standard InChI is InChI=1S/C20H21N11O2S/c1-29-11-16(10-25-29)15-5-3-4-14(8-15)9-21-18-17-6-7-30(19(17)23-12-22-18)27-20-24-13-26-31(20)28-34(2,32)33/h3-8,10-13,28H,9H2,1-2H3,(H,21,22,23)(H,24,26,27). The van der Waals surface area contributed by atoms with Crippen molar-refractivity contribution in [3.63, 3.8) is 0 Å². The van der Waals surface area contributed by atoms with E-state index in [9.17, 15) is 8.42 Å². The Kier molecular flexibility index (Phi) is 5.33. The molecule has 0 saturated carbocycles. The maximum atomic E-state index is 11.5. The number of sulfonamides is 1. The van der Waals surface area contributed by atoms with Crippen LogP contribution in [0.3, 0.4) is 0 Å². The zero-order valence-electron chi connectivity index (χ0n) is 18.3. The summed E-state index contributed by atoms with van der Waals surface area (Å²) in [7, 11) is -1.64. The van der Waals surface area contributed by atoms with E-state index in [0.29, 0.717) is 18.0 Å². The Morgan fingerprint density at radius 2 is 1.91 bits per heavy atom. The molecule has 0 fully saturated rings. The molecule has 0 radical (unpaired) electrons. The molecule has 4 aromatic heterocycles. The average molecular weight is 480 g/mol. The highest BCUT2D eigenvalue weighted by atomic mass is 32.2. The van der Waals surface area contributed by atoms with E-state index >= 15 is 0 Å². The van der Waals surface area contributed by atoms with Gasteiger partial charge in [-0.2, -0.15) is 10.1 Å². The van der Waals surface area contributed by atoms with Crippen LogP contribution < -0.4 is 15.6 Å². The van der Waals surface area contributed by atoms with Crippen LogP contribution in [0.2, 0.25) is 0 Å². The number of hydrogen-bond donors (Lipinski definition) is 3. The number of anilines is 2. The molecule has 13 nitrogen and oxygen atoms in total. The van der Waals surface area contributed by atoms with Gasteiger partial charge in [-0.1, -0.05) is 18.2 Å². The molecule has 0 aliphatic rings. The molecule has 174 valence electrons. The Bertz CT molecular complexity index is 1570. The van der Waals surface area contributed by atoms with Crippen molar-refractivity contribution >= 4 is 32.8 Å². The topological polar surface area (TPSA) is 149 Å². The van der Waals surface area contributed by atoms with Crippen LogP contribution in [0.4, 0.5) is 11.8 Å². The van der Waals surface area contributed by atoms with Crippen LogP contribution in [0.1, 0.15) is 5.56 Å². The van der Waals surface area contributed by atoms with Crippen molar-refractivity contribution in [3.05, 3.63) is 67.1 Å². The number of nitrogens with one attached hydrogen (secondary N) is 3. The zero-order valence-corrected chi connectivity index (χ0v) is 19.1. The minimum absolute atomic E-state index is 0.170. The Labute approximate surface area is 194 Å². The van der Waals surface area contributed by atoms with E-state index in [2.05, 4.69) is 46.8 Å². The molecule has 0 saturated heterocycles. The van der Waals surface area contributed by atoms with Crippen molar-refractivity contribution in [2.75, 3.05) is 21.8 Å². The normalized spacial score (nSPS) is 11.6. The summed E-state index contributed by atoms with van der Waals surface area (Å²) in [6.07, 6.45) is 9.27. The van der Waals surface area contributed by atoms with E-state index < -0.39 is 10.0 Å². The minimum Gasteiger partial charge on any atom is -0.365 e. The third-order valence-corrected chi connectivity index (χ3v) is 5.43. The van der Waals surface area contributed by atoms with Crippen LogP contribution in [-0.4, -0.2) is 54.0 Å². The molecule has 5 aromatic rings. The molecule has 0 spiro atoms.